The summed E-state index contributed by atoms with van der Waals surface area (Å²) in [5.74, 6) is -0.590. The van der Waals surface area contributed by atoms with Crippen LogP contribution in [0, 0.1) is 19.8 Å². The lowest BCUT2D eigenvalue weighted by atomic mass is 9.96. The van der Waals surface area contributed by atoms with Crippen molar-refractivity contribution in [3.8, 4) is 0 Å². The number of amides is 1. The van der Waals surface area contributed by atoms with Crippen molar-refractivity contribution in [1.82, 2.24) is 4.90 Å². The number of carbonyl (C=O) groups is 2. The Kier molecular flexibility index (Phi) is 4.12. The number of benzene rings is 1. The number of aryl methyl sites for hydroxylation is 2. The number of hydrogen-bond donors (Lipinski definition) is 1. The molecule has 0 radical (unpaired) electrons. The molecule has 1 aromatic carbocycles. The normalized spacial score (nSPS) is 14.2. The molecule has 2 rings (SSSR count). The van der Waals surface area contributed by atoms with Gasteiger partial charge in [0.2, 0.25) is 0 Å². The number of carboxylic acid groups (broad SMARTS) is 1. The molecule has 1 N–H and O–H groups in total. The van der Waals surface area contributed by atoms with Gasteiger partial charge in [0.1, 0.15) is 0 Å². The number of hydrogen-bond acceptors (Lipinski definition) is 2. The summed E-state index contributed by atoms with van der Waals surface area (Å²) in [5.41, 5.74) is 1.85. The van der Waals surface area contributed by atoms with Crippen LogP contribution in [0.4, 0.5) is 0 Å². The Morgan fingerprint density at radius 3 is 2.20 bits per heavy atom. The van der Waals surface area contributed by atoms with Gasteiger partial charge in [-0.05, 0) is 50.7 Å². The van der Waals surface area contributed by atoms with E-state index in [1.807, 2.05) is 13.0 Å². The lowest BCUT2D eigenvalue weighted by Gasteiger charge is -2.23. The first-order chi connectivity index (χ1) is 9.45. The second-order valence-electron chi connectivity index (χ2n) is 5.54. The van der Waals surface area contributed by atoms with Gasteiger partial charge in [0.05, 0.1) is 11.1 Å². The minimum atomic E-state index is -1.03. The van der Waals surface area contributed by atoms with Gasteiger partial charge in [-0.25, -0.2) is 4.79 Å². The Morgan fingerprint density at radius 2 is 1.75 bits per heavy atom. The first-order valence-corrected chi connectivity index (χ1v) is 7.08. The van der Waals surface area contributed by atoms with Gasteiger partial charge in [0, 0.05) is 13.1 Å². The highest BCUT2D eigenvalue weighted by molar-refractivity contribution is 6.06. The molecule has 1 amide bonds. The fourth-order valence-corrected chi connectivity index (χ4v) is 2.49. The molecule has 0 aromatic heterocycles. The van der Waals surface area contributed by atoms with Crippen LogP contribution in [0.25, 0.3) is 0 Å². The van der Waals surface area contributed by atoms with Crippen LogP contribution < -0.4 is 0 Å². The molecule has 1 fully saturated rings. The Morgan fingerprint density at radius 1 is 1.20 bits per heavy atom. The molecule has 0 unspecified atom stereocenters. The quantitative estimate of drug-likeness (QED) is 0.899. The van der Waals surface area contributed by atoms with Gasteiger partial charge in [0.25, 0.3) is 5.91 Å². The predicted molar refractivity (Wildman–Crippen MR) is 77.2 cm³/mol. The number of carboxylic acids is 1. The van der Waals surface area contributed by atoms with Gasteiger partial charge in [-0.3, -0.25) is 4.79 Å². The molecule has 0 saturated heterocycles. The smallest absolute Gasteiger partial charge is 0.336 e. The van der Waals surface area contributed by atoms with Crippen molar-refractivity contribution in [3.05, 3.63) is 34.4 Å². The molecular weight excluding hydrogens is 254 g/mol. The molecule has 1 aliphatic carbocycles. The molecule has 0 bridgehead atoms. The molecule has 20 heavy (non-hydrogen) atoms. The van der Waals surface area contributed by atoms with Gasteiger partial charge in [0.15, 0.2) is 0 Å². The summed E-state index contributed by atoms with van der Waals surface area (Å²) in [6, 6.07) is 3.58. The zero-order chi connectivity index (χ0) is 14.9. The maximum atomic E-state index is 12.7. The Balaban J connectivity index is 2.41. The SMILES string of the molecule is CCN(CC1CC1)C(=O)c1c(C)ccc(C)c1C(=O)O. The maximum Gasteiger partial charge on any atom is 0.336 e. The van der Waals surface area contributed by atoms with Crippen molar-refractivity contribution in [2.75, 3.05) is 13.1 Å². The van der Waals surface area contributed by atoms with E-state index in [0.717, 1.165) is 12.1 Å². The van der Waals surface area contributed by atoms with Crippen LogP contribution in [0.1, 0.15) is 51.6 Å². The summed E-state index contributed by atoms with van der Waals surface area (Å²) in [6.07, 6.45) is 2.34. The molecule has 0 aliphatic heterocycles. The highest BCUT2D eigenvalue weighted by atomic mass is 16.4. The van der Waals surface area contributed by atoms with E-state index in [4.69, 9.17) is 0 Å². The van der Waals surface area contributed by atoms with Crippen LogP contribution in [0.15, 0.2) is 12.1 Å². The molecule has 4 nitrogen and oxygen atoms in total. The summed E-state index contributed by atoms with van der Waals surface area (Å²) >= 11 is 0. The molecule has 108 valence electrons. The number of aromatic carboxylic acids is 1. The van der Waals surface area contributed by atoms with Crippen LogP contribution >= 0.6 is 0 Å². The minimum absolute atomic E-state index is 0.143. The predicted octanol–water partition coefficient (Wildman–Crippen LogP) is 2.87. The van der Waals surface area contributed by atoms with Crippen molar-refractivity contribution in [1.29, 1.82) is 0 Å². The van der Waals surface area contributed by atoms with Crippen LogP contribution in [0.2, 0.25) is 0 Å². The number of rotatable bonds is 5. The third kappa shape index (κ3) is 2.84. The third-order valence-electron chi connectivity index (χ3n) is 3.89. The van der Waals surface area contributed by atoms with Crippen molar-refractivity contribution in [2.24, 2.45) is 5.92 Å². The highest BCUT2D eigenvalue weighted by Crippen LogP contribution is 2.30. The van der Waals surface area contributed by atoms with E-state index >= 15 is 0 Å². The van der Waals surface area contributed by atoms with E-state index in [0.29, 0.717) is 23.6 Å². The molecule has 0 atom stereocenters. The molecule has 1 aromatic rings. The zero-order valence-electron chi connectivity index (χ0n) is 12.3. The lowest BCUT2D eigenvalue weighted by molar-refractivity contribution is 0.0674. The standard InChI is InChI=1S/C16H21NO3/c1-4-17(9-12-7-8-12)15(18)13-10(2)5-6-11(3)14(13)16(19)20/h5-6,12H,4,7-9H2,1-3H3,(H,19,20). The van der Waals surface area contributed by atoms with Gasteiger partial charge < -0.3 is 10.0 Å². The Hall–Kier alpha value is -1.84. The molecule has 0 heterocycles. The van der Waals surface area contributed by atoms with Crippen LogP contribution in [-0.4, -0.2) is 35.0 Å². The van der Waals surface area contributed by atoms with E-state index in [-0.39, 0.29) is 11.5 Å². The molecule has 0 spiro atoms. The monoisotopic (exact) mass is 275 g/mol. The first kappa shape index (κ1) is 14.6. The molecule has 1 aliphatic rings. The number of carbonyl (C=O) groups excluding carboxylic acids is 1. The molecule has 1 saturated carbocycles. The average molecular weight is 275 g/mol. The average Bonchev–Trinajstić information content (AvgIpc) is 3.21. The van der Waals surface area contributed by atoms with E-state index < -0.39 is 5.97 Å². The summed E-state index contributed by atoms with van der Waals surface area (Å²) < 4.78 is 0. The summed E-state index contributed by atoms with van der Waals surface area (Å²) in [7, 11) is 0. The maximum absolute atomic E-state index is 12.7. The van der Waals surface area contributed by atoms with Crippen molar-refractivity contribution in [2.45, 2.75) is 33.6 Å². The van der Waals surface area contributed by atoms with E-state index in [9.17, 15) is 14.7 Å². The van der Waals surface area contributed by atoms with Crippen molar-refractivity contribution < 1.29 is 14.7 Å². The van der Waals surface area contributed by atoms with E-state index in [1.54, 1.807) is 24.8 Å². The van der Waals surface area contributed by atoms with Gasteiger partial charge in [-0.1, -0.05) is 12.1 Å². The van der Waals surface area contributed by atoms with Crippen LogP contribution in [-0.2, 0) is 0 Å². The van der Waals surface area contributed by atoms with Gasteiger partial charge in [-0.15, -0.1) is 0 Å². The van der Waals surface area contributed by atoms with E-state index in [1.165, 1.54) is 12.8 Å². The lowest BCUT2D eigenvalue weighted by Crippen LogP contribution is -2.34. The second kappa shape index (κ2) is 5.65. The Bertz CT molecular complexity index is 547. The largest absolute Gasteiger partial charge is 0.478 e. The molecule has 4 heteroatoms. The first-order valence-electron chi connectivity index (χ1n) is 7.08. The second-order valence-corrected chi connectivity index (χ2v) is 5.54. The topological polar surface area (TPSA) is 57.6 Å². The van der Waals surface area contributed by atoms with Gasteiger partial charge >= 0.3 is 5.97 Å². The summed E-state index contributed by atoms with van der Waals surface area (Å²) in [5, 5.41) is 9.40. The summed E-state index contributed by atoms with van der Waals surface area (Å²) in [4.78, 5) is 25.9. The fourth-order valence-electron chi connectivity index (χ4n) is 2.49. The number of nitrogens with zero attached hydrogens (tertiary/aromatic N) is 1. The van der Waals surface area contributed by atoms with Crippen molar-refractivity contribution >= 4 is 11.9 Å². The Labute approximate surface area is 119 Å². The van der Waals surface area contributed by atoms with Gasteiger partial charge in [-0.2, -0.15) is 0 Å². The van der Waals surface area contributed by atoms with Crippen molar-refractivity contribution in [3.63, 3.8) is 0 Å². The third-order valence-corrected chi connectivity index (χ3v) is 3.89. The highest BCUT2D eigenvalue weighted by Gasteiger charge is 2.29. The zero-order valence-corrected chi connectivity index (χ0v) is 12.3. The minimum Gasteiger partial charge on any atom is -0.478 e. The fraction of sp³-hybridized carbons (Fsp3) is 0.500. The van der Waals surface area contributed by atoms with Crippen LogP contribution in [0.5, 0.6) is 0 Å². The van der Waals surface area contributed by atoms with Crippen LogP contribution in [0.3, 0.4) is 0 Å². The summed E-state index contributed by atoms with van der Waals surface area (Å²) in [6.45, 7) is 6.82. The van der Waals surface area contributed by atoms with E-state index in [2.05, 4.69) is 0 Å². The molecular formula is C16H21NO3.